The zero-order valence-electron chi connectivity index (χ0n) is 13.8. The lowest BCUT2D eigenvalue weighted by Gasteiger charge is -2.33. The van der Waals surface area contributed by atoms with E-state index in [0.717, 1.165) is 22.4 Å². The van der Waals surface area contributed by atoms with E-state index in [0.29, 0.717) is 0 Å². The molecule has 0 fully saturated rings. The Morgan fingerprint density at radius 1 is 0.750 bits per heavy atom. The van der Waals surface area contributed by atoms with E-state index in [1.807, 2.05) is 12.1 Å². The Bertz CT molecular complexity index is 442. The third-order valence-electron chi connectivity index (χ3n) is 2.88. The molecule has 114 valence electrons. The van der Waals surface area contributed by atoms with Crippen molar-refractivity contribution in [2.75, 3.05) is 21.3 Å². The second kappa shape index (κ2) is 6.19. The van der Waals surface area contributed by atoms with E-state index in [2.05, 4.69) is 32.7 Å². The van der Waals surface area contributed by atoms with E-state index >= 15 is 0 Å². The molecule has 1 aromatic carbocycles. The Morgan fingerprint density at radius 3 is 1.50 bits per heavy atom. The van der Waals surface area contributed by atoms with Crippen molar-refractivity contribution >= 4 is 21.8 Å². The van der Waals surface area contributed by atoms with Crippen LogP contribution in [0.3, 0.4) is 0 Å². The van der Waals surface area contributed by atoms with Crippen molar-refractivity contribution in [1.82, 2.24) is 0 Å². The van der Waals surface area contributed by atoms with Crippen molar-refractivity contribution in [3.63, 3.8) is 0 Å². The third-order valence-corrected chi connectivity index (χ3v) is 9.07. The van der Waals surface area contributed by atoms with Crippen molar-refractivity contribution in [1.29, 1.82) is 0 Å². The van der Waals surface area contributed by atoms with Gasteiger partial charge in [-0.2, -0.15) is 0 Å². The van der Waals surface area contributed by atoms with Crippen molar-refractivity contribution in [3.8, 4) is 17.2 Å². The van der Waals surface area contributed by atoms with Crippen molar-refractivity contribution in [2.45, 2.75) is 32.7 Å². The van der Waals surface area contributed by atoms with Gasteiger partial charge < -0.3 is 18.3 Å². The molecule has 20 heavy (non-hydrogen) atoms. The number of ether oxygens (including phenoxy) is 3. The van der Waals surface area contributed by atoms with Crippen molar-refractivity contribution in [2.24, 2.45) is 0 Å². The highest BCUT2D eigenvalue weighted by atomic mass is 28.4. The molecule has 4 nitrogen and oxygen atoms in total. The molecule has 0 bridgehead atoms. The van der Waals surface area contributed by atoms with E-state index in [-0.39, 0.29) is 0 Å². The van der Waals surface area contributed by atoms with Crippen LogP contribution in [-0.4, -0.2) is 38.0 Å². The molecule has 1 rings (SSSR count). The quantitative estimate of drug-likeness (QED) is 0.757. The number of rotatable bonds is 6. The smallest absolute Gasteiger partial charge is 0.214 e. The van der Waals surface area contributed by atoms with Gasteiger partial charge in [-0.15, -0.1) is 0 Å². The molecular weight excluding hydrogens is 288 g/mol. The van der Waals surface area contributed by atoms with Gasteiger partial charge in [0.15, 0.2) is 8.32 Å². The number of hydrogen-bond donors (Lipinski definition) is 0. The maximum Gasteiger partial charge on any atom is 0.214 e. The van der Waals surface area contributed by atoms with Crippen LogP contribution < -0.4 is 19.4 Å². The second-order valence-electron chi connectivity index (χ2n) is 6.13. The fourth-order valence-corrected chi connectivity index (χ4v) is 10.5. The lowest BCUT2D eigenvalue weighted by molar-refractivity contribution is 0.378. The summed E-state index contributed by atoms with van der Waals surface area (Å²) in [4.78, 5) is 0. The molecule has 0 atom stereocenters. The average Bonchev–Trinajstić information content (AvgIpc) is 2.33. The van der Waals surface area contributed by atoms with E-state index in [1.165, 1.54) is 0 Å². The predicted octanol–water partition coefficient (Wildman–Crippen LogP) is 2.98. The van der Waals surface area contributed by atoms with Gasteiger partial charge in [0.05, 0.1) is 21.3 Å². The molecule has 0 aliphatic rings. The first-order valence-electron chi connectivity index (χ1n) is 6.65. The van der Waals surface area contributed by atoms with Crippen LogP contribution >= 0.6 is 0 Å². The molecule has 0 radical (unpaired) electrons. The monoisotopic (exact) mass is 314 g/mol. The zero-order valence-corrected chi connectivity index (χ0v) is 15.8. The number of hydrogen-bond acceptors (Lipinski definition) is 4. The van der Waals surface area contributed by atoms with Gasteiger partial charge in [-0.3, -0.25) is 0 Å². The Kier molecular flexibility index (Phi) is 5.29. The summed E-state index contributed by atoms with van der Waals surface area (Å²) in [5.74, 6) is 2.27. The summed E-state index contributed by atoms with van der Waals surface area (Å²) in [6, 6.07) is 3.78. The SMILES string of the molecule is COc1cc(OC)c([Si](C)(C)O[Si](C)(C)C)c(OC)c1. The van der Waals surface area contributed by atoms with Gasteiger partial charge in [0.25, 0.3) is 0 Å². The summed E-state index contributed by atoms with van der Waals surface area (Å²) in [6.45, 7) is 11.0. The maximum absolute atomic E-state index is 6.45. The van der Waals surface area contributed by atoms with E-state index < -0.39 is 16.6 Å². The molecule has 6 heteroatoms. The van der Waals surface area contributed by atoms with Gasteiger partial charge in [-0.25, -0.2) is 0 Å². The summed E-state index contributed by atoms with van der Waals surface area (Å²) in [7, 11) is 1.19. The Balaban J connectivity index is 3.41. The zero-order chi connectivity index (χ0) is 15.6. The highest BCUT2D eigenvalue weighted by molar-refractivity contribution is 6.93. The van der Waals surface area contributed by atoms with Gasteiger partial charge >= 0.3 is 0 Å². The van der Waals surface area contributed by atoms with Crippen LogP contribution in [-0.2, 0) is 4.12 Å². The average molecular weight is 315 g/mol. The molecule has 0 amide bonds. The van der Waals surface area contributed by atoms with Crippen LogP contribution in [0.5, 0.6) is 17.2 Å². The molecule has 0 saturated heterocycles. The largest absolute Gasteiger partial charge is 0.497 e. The molecule has 0 N–H and O–H groups in total. The molecule has 0 heterocycles. The van der Waals surface area contributed by atoms with Gasteiger partial charge in [-0.05, 0) is 32.7 Å². The topological polar surface area (TPSA) is 36.9 Å². The Labute approximate surface area is 124 Å². The molecule has 0 spiro atoms. The van der Waals surface area contributed by atoms with E-state index in [9.17, 15) is 0 Å². The third kappa shape index (κ3) is 4.00. The van der Waals surface area contributed by atoms with Gasteiger partial charge in [0.2, 0.25) is 8.32 Å². The minimum Gasteiger partial charge on any atom is -0.497 e. The molecule has 0 aliphatic carbocycles. The van der Waals surface area contributed by atoms with Crippen LogP contribution in [0.2, 0.25) is 32.7 Å². The van der Waals surface area contributed by atoms with Crippen LogP contribution in [0.25, 0.3) is 0 Å². The molecule has 0 saturated carbocycles. The summed E-state index contributed by atoms with van der Waals surface area (Å²) < 4.78 is 22.8. The Hall–Kier alpha value is -0.986. The minimum absolute atomic E-state index is 0.722. The minimum atomic E-state index is -2.13. The van der Waals surface area contributed by atoms with Crippen LogP contribution in [0.15, 0.2) is 12.1 Å². The maximum atomic E-state index is 6.45. The molecule has 1 aromatic rings. The first-order valence-corrected chi connectivity index (χ1v) is 13.0. The van der Waals surface area contributed by atoms with Gasteiger partial charge in [-0.1, -0.05) is 0 Å². The molecule has 0 aliphatic heterocycles. The van der Waals surface area contributed by atoms with Crippen LogP contribution in [0, 0.1) is 0 Å². The predicted molar refractivity (Wildman–Crippen MR) is 87.6 cm³/mol. The number of benzene rings is 1. The normalized spacial score (nSPS) is 12.2. The highest BCUT2D eigenvalue weighted by Gasteiger charge is 2.37. The van der Waals surface area contributed by atoms with E-state index in [1.54, 1.807) is 21.3 Å². The van der Waals surface area contributed by atoms with Gasteiger partial charge in [0, 0.05) is 17.3 Å². The summed E-state index contributed by atoms with van der Waals surface area (Å²) in [5.41, 5.74) is 0. The molecule has 0 aromatic heterocycles. The van der Waals surface area contributed by atoms with Gasteiger partial charge in [0.1, 0.15) is 17.2 Å². The summed E-state index contributed by atoms with van der Waals surface area (Å²) in [5, 5.41) is 1.05. The lowest BCUT2D eigenvalue weighted by atomic mass is 10.3. The second-order valence-corrected chi connectivity index (χ2v) is 14.7. The van der Waals surface area contributed by atoms with Crippen LogP contribution in [0.1, 0.15) is 0 Å². The fraction of sp³-hybridized carbons (Fsp3) is 0.571. The van der Waals surface area contributed by atoms with E-state index in [4.69, 9.17) is 18.3 Å². The lowest BCUT2D eigenvalue weighted by Crippen LogP contribution is -2.52. The Morgan fingerprint density at radius 2 is 1.20 bits per heavy atom. The summed E-state index contributed by atoms with van der Waals surface area (Å²) >= 11 is 0. The molecule has 0 unspecified atom stereocenters. The fourth-order valence-electron chi connectivity index (χ4n) is 2.42. The molecular formula is C14H26O4Si2. The van der Waals surface area contributed by atoms with Crippen molar-refractivity contribution < 1.29 is 18.3 Å². The first-order chi connectivity index (χ1) is 9.14. The summed E-state index contributed by atoms with van der Waals surface area (Å²) in [6.07, 6.45) is 0. The standard InChI is InChI=1S/C14H26O4Si2/c1-15-11-9-12(16-2)14(13(10-11)17-3)20(7,8)18-19(4,5)6/h9-10H,1-8H3. The highest BCUT2D eigenvalue weighted by Crippen LogP contribution is 2.30. The van der Waals surface area contributed by atoms with Crippen LogP contribution in [0.4, 0.5) is 0 Å². The van der Waals surface area contributed by atoms with Crippen molar-refractivity contribution in [3.05, 3.63) is 12.1 Å². The number of methoxy groups -OCH3 is 3. The first kappa shape index (κ1) is 17.1.